The maximum atomic E-state index is 12.7. The van der Waals surface area contributed by atoms with Gasteiger partial charge in [-0.3, -0.25) is 4.79 Å². The van der Waals surface area contributed by atoms with Gasteiger partial charge in [0.05, 0.1) is 18.1 Å². The van der Waals surface area contributed by atoms with Gasteiger partial charge in [0.2, 0.25) is 0 Å². The Hall–Kier alpha value is -2.51. The first-order valence-electron chi connectivity index (χ1n) is 5.89. The van der Waals surface area contributed by atoms with Crippen LogP contribution >= 0.6 is 0 Å². The van der Waals surface area contributed by atoms with E-state index in [1.54, 1.807) is 6.07 Å². The molecule has 8 heteroatoms. The first kappa shape index (κ1) is 14.9. The molecule has 0 saturated carbocycles. The van der Waals surface area contributed by atoms with Crippen molar-refractivity contribution in [2.75, 3.05) is 11.9 Å². The minimum atomic E-state index is -4.60. The highest BCUT2D eigenvalue weighted by molar-refractivity contribution is 5.97. The maximum absolute atomic E-state index is 12.7. The van der Waals surface area contributed by atoms with Crippen LogP contribution in [0.25, 0.3) is 0 Å². The smallest absolute Gasteiger partial charge is 0.433 e. The van der Waals surface area contributed by atoms with Gasteiger partial charge in [0, 0.05) is 19.2 Å². The molecule has 2 aromatic rings. The molecule has 0 aliphatic carbocycles. The number of hydrogen-bond donors (Lipinski definition) is 1. The zero-order chi connectivity index (χ0) is 15.6. The van der Waals surface area contributed by atoms with Crippen molar-refractivity contribution >= 4 is 11.7 Å². The van der Waals surface area contributed by atoms with Gasteiger partial charge in [-0.05, 0) is 18.2 Å². The maximum Gasteiger partial charge on any atom is 0.433 e. The second kappa shape index (κ2) is 5.47. The number of primary amides is 1. The Balaban J connectivity index is 2.40. The topological polar surface area (TPSA) is 72.4 Å². The van der Waals surface area contributed by atoms with E-state index in [1.807, 2.05) is 0 Å². The van der Waals surface area contributed by atoms with Crippen molar-refractivity contribution in [2.24, 2.45) is 5.73 Å². The third kappa shape index (κ3) is 3.33. The first-order valence-corrected chi connectivity index (χ1v) is 5.89. The third-order valence-corrected chi connectivity index (χ3v) is 2.79. The van der Waals surface area contributed by atoms with E-state index >= 15 is 0 Å². The van der Waals surface area contributed by atoms with E-state index in [0.717, 1.165) is 17.7 Å². The van der Waals surface area contributed by atoms with Gasteiger partial charge in [-0.15, -0.1) is 0 Å². The van der Waals surface area contributed by atoms with Crippen LogP contribution in [0.5, 0.6) is 0 Å². The van der Waals surface area contributed by atoms with Crippen LogP contribution in [0.4, 0.5) is 19.0 Å². The number of rotatable bonds is 4. The summed E-state index contributed by atoms with van der Waals surface area (Å²) in [6, 6.07) is 3.42. The summed E-state index contributed by atoms with van der Waals surface area (Å²) in [5.41, 5.74) is 4.75. The van der Waals surface area contributed by atoms with Gasteiger partial charge in [0.25, 0.3) is 5.91 Å². The van der Waals surface area contributed by atoms with Gasteiger partial charge >= 0.3 is 6.18 Å². The van der Waals surface area contributed by atoms with Crippen molar-refractivity contribution in [3.63, 3.8) is 0 Å². The normalized spacial score (nSPS) is 11.4. The molecule has 2 aromatic heterocycles. The molecular weight excluding hydrogens is 287 g/mol. The zero-order valence-electron chi connectivity index (χ0n) is 11.0. The monoisotopic (exact) mass is 299 g/mol. The molecule has 0 fully saturated rings. The molecule has 0 radical (unpaired) electrons. The number of halogens is 3. The molecule has 112 valence electrons. The van der Waals surface area contributed by atoms with Crippen LogP contribution in [0.3, 0.4) is 0 Å². The van der Waals surface area contributed by atoms with Crippen LogP contribution in [0, 0.1) is 0 Å². The van der Waals surface area contributed by atoms with E-state index < -0.39 is 17.8 Å². The molecule has 2 rings (SSSR count). The van der Waals surface area contributed by atoms with Crippen LogP contribution in [-0.2, 0) is 12.7 Å². The van der Waals surface area contributed by atoms with Crippen molar-refractivity contribution in [3.8, 4) is 0 Å². The van der Waals surface area contributed by atoms with E-state index in [1.165, 1.54) is 24.5 Å². The SMILES string of the molecule is CN(Cc1ccoc1)c1nc(C(F)(F)F)ccc1C(N)=O. The number of alkyl halides is 3. The van der Waals surface area contributed by atoms with Crippen molar-refractivity contribution in [3.05, 3.63) is 47.5 Å². The number of hydrogen-bond acceptors (Lipinski definition) is 4. The molecule has 0 saturated heterocycles. The molecule has 0 bridgehead atoms. The zero-order valence-corrected chi connectivity index (χ0v) is 11.0. The van der Waals surface area contributed by atoms with Crippen molar-refractivity contribution < 1.29 is 22.4 Å². The summed E-state index contributed by atoms with van der Waals surface area (Å²) < 4.78 is 43.1. The van der Waals surface area contributed by atoms with Gasteiger partial charge < -0.3 is 15.1 Å². The summed E-state index contributed by atoms with van der Waals surface area (Å²) in [6.07, 6.45) is -1.70. The Morgan fingerprint density at radius 3 is 2.62 bits per heavy atom. The van der Waals surface area contributed by atoms with Crippen LogP contribution < -0.4 is 10.6 Å². The summed E-state index contributed by atoms with van der Waals surface area (Å²) in [4.78, 5) is 16.3. The number of furan rings is 1. The standard InChI is InChI=1S/C13H12F3N3O2/c1-19(6-8-4-5-21-7-8)12-9(11(17)20)2-3-10(18-12)13(14,15)16/h2-5,7H,6H2,1H3,(H2,17,20). The van der Waals surface area contributed by atoms with Crippen molar-refractivity contribution in [1.29, 1.82) is 0 Å². The van der Waals surface area contributed by atoms with E-state index in [-0.39, 0.29) is 17.9 Å². The Kier molecular flexibility index (Phi) is 3.88. The quantitative estimate of drug-likeness (QED) is 0.941. The predicted molar refractivity (Wildman–Crippen MR) is 68.6 cm³/mol. The predicted octanol–water partition coefficient (Wildman–Crippen LogP) is 2.43. The fraction of sp³-hybridized carbons (Fsp3) is 0.231. The van der Waals surface area contributed by atoms with Crippen LogP contribution in [0.15, 0.2) is 35.1 Å². The average molecular weight is 299 g/mol. The molecule has 0 aliphatic heterocycles. The number of carbonyl (C=O) groups excluding carboxylic acids is 1. The molecule has 1 amide bonds. The largest absolute Gasteiger partial charge is 0.472 e. The lowest BCUT2D eigenvalue weighted by Crippen LogP contribution is -2.24. The van der Waals surface area contributed by atoms with E-state index in [0.29, 0.717) is 0 Å². The van der Waals surface area contributed by atoms with Crippen molar-refractivity contribution in [1.82, 2.24) is 4.98 Å². The second-order valence-electron chi connectivity index (χ2n) is 4.42. The molecule has 0 aromatic carbocycles. The van der Waals surface area contributed by atoms with Crippen LogP contribution in [-0.4, -0.2) is 17.9 Å². The molecular formula is C13H12F3N3O2. The van der Waals surface area contributed by atoms with Gasteiger partial charge in [-0.1, -0.05) is 0 Å². The van der Waals surface area contributed by atoms with E-state index in [4.69, 9.17) is 10.2 Å². The summed E-state index contributed by atoms with van der Waals surface area (Å²) in [6.45, 7) is 0.227. The Morgan fingerprint density at radius 2 is 2.10 bits per heavy atom. The molecule has 2 heterocycles. The molecule has 0 aliphatic rings. The number of pyridine rings is 1. The second-order valence-corrected chi connectivity index (χ2v) is 4.42. The molecule has 5 nitrogen and oxygen atoms in total. The summed E-state index contributed by atoms with van der Waals surface area (Å²) in [7, 11) is 1.52. The summed E-state index contributed by atoms with van der Waals surface area (Å²) >= 11 is 0. The molecule has 0 unspecified atom stereocenters. The Bertz CT molecular complexity index is 639. The molecule has 21 heavy (non-hydrogen) atoms. The number of amides is 1. The van der Waals surface area contributed by atoms with Gasteiger partial charge in [-0.25, -0.2) is 4.98 Å². The fourth-order valence-corrected chi connectivity index (χ4v) is 1.82. The summed E-state index contributed by atoms with van der Waals surface area (Å²) in [5.74, 6) is -0.969. The number of anilines is 1. The van der Waals surface area contributed by atoms with E-state index in [9.17, 15) is 18.0 Å². The minimum Gasteiger partial charge on any atom is -0.472 e. The molecule has 0 atom stereocenters. The fourth-order valence-electron chi connectivity index (χ4n) is 1.82. The Labute approximate surface area is 118 Å². The Morgan fingerprint density at radius 1 is 1.38 bits per heavy atom. The summed E-state index contributed by atoms with van der Waals surface area (Å²) in [5, 5.41) is 0. The van der Waals surface area contributed by atoms with E-state index in [2.05, 4.69) is 4.98 Å². The van der Waals surface area contributed by atoms with Gasteiger partial charge in [0.15, 0.2) is 0 Å². The lowest BCUT2D eigenvalue weighted by Gasteiger charge is -2.20. The van der Waals surface area contributed by atoms with Crippen molar-refractivity contribution in [2.45, 2.75) is 12.7 Å². The van der Waals surface area contributed by atoms with Crippen LogP contribution in [0.1, 0.15) is 21.6 Å². The molecule has 0 spiro atoms. The lowest BCUT2D eigenvalue weighted by molar-refractivity contribution is -0.141. The lowest BCUT2D eigenvalue weighted by atomic mass is 10.2. The van der Waals surface area contributed by atoms with Gasteiger partial charge in [-0.2, -0.15) is 13.2 Å². The number of aromatic nitrogens is 1. The highest BCUT2D eigenvalue weighted by Gasteiger charge is 2.33. The van der Waals surface area contributed by atoms with Crippen LogP contribution in [0.2, 0.25) is 0 Å². The minimum absolute atomic E-state index is 0.0750. The number of nitrogens with zero attached hydrogens (tertiary/aromatic N) is 2. The average Bonchev–Trinajstić information content (AvgIpc) is 2.89. The third-order valence-electron chi connectivity index (χ3n) is 2.79. The number of nitrogens with two attached hydrogens (primary N) is 1. The first-order chi connectivity index (χ1) is 9.79. The van der Waals surface area contributed by atoms with Gasteiger partial charge in [0.1, 0.15) is 11.5 Å². The highest BCUT2D eigenvalue weighted by Crippen LogP contribution is 2.30. The number of carbonyl (C=O) groups is 1. The highest BCUT2D eigenvalue weighted by atomic mass is 19.4. The molecule has 2 N–H and O–H groups in total.